The van der Waals surface area contributed by atoms with E-state index in [9.17, 15) is 15.0 Å². The highest BCUT2D eigenvalue weighted by atomic mass is 16.5. The van der Waals surface area contributed by atoms with Crippen LogP contribution in [0.5, 0.6) is 0 Å². The smallest absolute Gasteiger partial charge is 0.308 e. The quantitative estimate of drug-likeness (QED) is 0.501. The van der Waals surface area contributed by atoms with Crippen LogP contribution in [0.25, 0.3) is 0 Å². The van der Waals surface area contributed by atoms with Crippen molar-refractivity contribution in [3.05, 3.63) is 24.3 Å². The van der Waals surface area contributed by atoms with E-state index >= 15 is 0 Å². The summed E-state index contributed by atoms with van der Waals surface area (Å²) in [5.74, 6) is -0.465. The van der Waals surface area contributed by atoms with Gasteiger partial charge in [-0.05, 0) is 26.2 Å². The van der Waals surface area contributed by atoms with Crippen LogP contribution in [0.4, 0.5) is 0 Å². The lowest BCUT2D eigenvalue weighted by molar-refractivity contribution is -0.143. The van der Waals surface area contributed by atoms with Crippen molar-refractivity contribution >= 4 is 5.97 Å². The number of esters is 1. The Hall–Kier alpha value is -1.13. The zero-order valence-corrected chi connectivity index (χ0v) is 10.6. The van der Waals surface area contributed by atoms with Gasteiger partial charge in [0.2, 0.25) is 0 Å². The van der Waals surface area contributed by atoms with Gasteiger partial charge in [-0.25, -0.2) is 0 Å². The van der Waals surface area contributed by atoms with Crippen molar-refractivity contribution < 1.29 is 19.7 Å². The van der Waals surface area contributed by atoms with Crippen LogP contribution in [0.3, 0.4) is 0 Å². The van der Waals surface area contributed by atoms with E-state index in [-0.39, 0.29) is 12.8 Å². The van der Waals surface area contributed by atoms with Crippen molar-refractivity contribution in [1.29, 1.82) is 0 Å². The van der Waals surface area contributed by atoms with Gasteiger partial charge in [-0.3, -0.25) is 4.79 Å². The topological polar surface area (TPSA) is 66.8 Å². The fourth-order valence-corrected chi connectivity index (χ4v) is 1.47. The van der Waals surface area contributed by atoms with Crippen molar-refractivity contribution in [1.82, 2.24) is 0 Å². The number of ether oxygens (including phenoxy) is 1. The summed E-state index contributed by atoms with van der Waals surface area (Å²) in [7, 11) is 1.27. The molecule has 98 valence electrons. The Morgan fingerprint density at radius 2 is 2.06 bits per heavy atom. The molecule has 0 rings (SSSR count). The summed E-state index contributed by atoms with van der Waals surface area (Å²) < 4.78 is 4.43. The second-order valence-electron chi connectivity index (χ2n) is 4.11. The summed E-state index contributed by atoms with van der Waals surface area (Å²) in [4.78, 5) is 10.9. The van der Waals surface area contributed by atoms with E-state index in [4.69, 9.17) is 0 Å². The molecule has 2 unspecified atom stereocenters. The summed E-state index contributed by atoms with van der Waals surface area (Å²) in [6, 6.07) is 0. The molecular weight excluding hydrogens is 220 g/mol. The van der Waals surface area contributed by atoms with Crippen molar-refractivity contribution in [2.45, 2.75) is 44.8 Å². The second kappa shape index (κ2) is 8.96. The molecule has 0 aliphatic carbocycles. The maximum absolute atomic E-state index is 10.9. The largest absolute Gasteiger partial charge is 0.469 e. The van der Waals surface area contributed by atoms with Crippen LogP contribution in [0, 0.1) is 0 Å². The Balaban J connectivity index is 3.85. The normalized spacial score (nSPS) is 15.2. The summed E-state index contributed by atoms with van der Waals surface area (Å²) in [5.41, 5.74) is 1.13. The molecule has 0 bridgehead atoms. The van der Waals surface area contributed by atoms with E-state index in [0.29, 0.717) is 6.42 Å². The molecule has 0 fully saturated rings. The Morgan fingerprint density at radius 1 is 1.41 bits per heavy atom. The molecule has 0 aromatic rings. The number of carbonyl (C=O) groups excluding carboxylic acids is 1. The van der Waals surface area contributed by atoms with Crippen molar-refractivity contribution in [2.75, 3.05) is 7.11 Å². The lowest BCUT2D eigenvalue weighted by Gasteiger charge is -2.14. The first-order valence-electron chi connectivity index (χ1n) is 5.70. The van der Waals surface area contributed by atoms with Gasteiger partial charge < -0.3 is 14.9 Å². The van der Waals surface area contributed by atoms with Crippen LogP contribution >= 0.6 is 0 Å². The summed E-state index contributed by atoms with van der Waals surface area (Å²) >= 11 is 0. The summed E-state index contributed by atoms with van der Waals surface area (Å²) in [6.45, 7) is 5.55. The van der Waals surface area contributed by atoms with Crippen LogP contribution in [-0.4, -0.2) is 35.5 Å². The number of methoxy groups -OCH3 is 1. The van der Waals surface area contributed by atoms with E-state index < -0.39 is 18.2 Å². The van der Waals surface area contributed by atoms with Gasteiger partial charge in [0.25, 0.3) is 0 Å². The first kappa shape index (κ1) is 15.9. The highest BCUT2D eigenvalue weighted by Gasteiger charge is 2.15. The van der Waals surface area contributed by atoms with Crippen molar-refractivity contribution in [3.8, 4) is 0 Å². The number of hydrogen-bond acceptors (Lipinski definition) is 4. The van der Waals surface area contributed by atoms with E-state index in [1.54, 1.807) is 6.08 Å². The number of aliphatic hydroxyl groups excluding tert-OH is 2. The molecule has 0 aromatic heterocycles. The number of aliphatic hydroxyl groups is 2. The van der Waals surface area contributed by atoms with E-state index in [1.165, 1.54) is 7.11 Å². The van der Waals surface area contributed by atoms with Gasteiger partial charge in [0, 0.05) is 0 Å². The monoisotopic (exact) mass is 242 g/mol. The first-order chi connectivity index (χ1) is 7.99. The zero-order valence-electron chi connectivity index (χ0n) is 10.6. The Bertz CT molecular complexity index is 271. The maximum atomic E-state index is 10.9. The molecule has 2 N–H and O–H groups in total. The third kappa shape index (κ3) is 8.65. The van der Waals surface area contributed by atoms with Crippen molar-refractivity contribution in [3.63, 3.8) is 0 Å². The predicted octanol–water partition coefficient (Wildman–Crippen LogP) is 1.57. The third-order valence-corrected chi connectivity index (χ3v) is 2.45. The molecule has 0 heterocycles. The number of hydrogen-bond donors (Lipinski definition) is 2. The Morgan fingerprint density at radius 3 is 2.59 bits per heavy atom. The molecule has 0 saturated heterocycles. The van der Waals surface area contributed by atoms with Gasteiger partial charge in [-0.15, -0.1) is 0 Å². The Kier molecular flexibility index (Phi) is 8.36. The van der Waals surface area contributed by atoms with Gasteiger partial charge in [-0.2, -0.15) is 0 Å². The van der Waals surface area contributed by atoms with Gasteiger partial charge in [0.15, 0.2) is 0 Å². The van der Waals surface area contributed by atoms with Crippen LogP contribution < -0.4 is 0 Å². The fraction of sp³-hybridized carbons (Fsp3) is 0.615. The molecule has 4 heteroatoms. The molecule has 0 spiro atoms. The average Bonchev–Trinajstić information content (AvgIpc) is 2.26. The molecule has 0 radical (unpaired) electrons. The zero-order chi connectivity index (χ0) is 13.3. The van der Waals surface area contributed by atoms with Gasteiger partial charge in [-0.1, -0.05) is 24.3 Å². The molecule has 0 aliphatic rings. The minimum Gasteiger partial charge on any atom is -0.469 e. The van der Waals surface area contributed by atoms with Crippen molar-refractivity contribution in [2.24, 2.45) is 0 Å². The highest BCUT2D eigenvalue weighted by Crippen LogP contribution is 2.12. The van der Waals surface area contributed by atoms with Crippen LogP contribution in [0.15, 0.2) is 24.3 Å². The van der Waals surface area contributed by atoms with E-state index in [2.05, 4.69) is 11.3 Å². The third-order valence-electron chi connectivity index (χ3n) is 2.45. The summed E-state index contributed by atoms with van der Waals surface area (Å²) in [6.07, 6.45) is 3.56. The fourth-order valence-electron chi connectivity index (χ4n) is 1.47. The number of rotatable bonds is 8. The average molecular weight is 242 g/mol. The minimum atomic E-state index is -0.846. The molecule has 0 aromatic carbocycles. The van der Waals surface area contributed by atoms with Gasteiger partial charge in [0.05, 0.1) is 25.7 Å². The second-order valence-corrected chi connectivity index (χ2v) is 4.11. The minimum absolute atomic E-state index is 0.0744. The lowest BCUT2D eigenvalue weighted by Crippen LogP contribution is -2.21. The molecular formula is C13H22O4. The Labute approximate surface area is 103 Å². The summed E-state index contributed by atoms with van der Waals surface area (Å²) in [5, 5.41) is 19.2. The molecule has 2 atom stereocenters. The highest BCUT2D eigenvalue weighted by molar-refractivity contribution is 5.69. The first-order valence-corrected chi connectivity index (χ1v) is 5.70. The van der Waals surface area contributed by atoms with Gasteiger partial charge in [0.1, 0.15) is 0 Å². The standard InChI is InChI=1S/C13H22O4/c1-4-5-10(2)6-7-11(14)8-12(15)9-13(16)17-3/h4-5,11-12,14-15H,1,6-9H2,2-3H3. The van der Waals surface area contributed by atoms with Gasteiger partial charge >= 0.3 is 5.97 Å². The molecule has 0 aliphatic heterocycles. The SMILES string of the molecule is C=CC=C(C)CCC(O)CC(O)CC(=O)OC. The number of allylic oxidation sites excluding steroid dienone is 3. The molecule has 17 heavy (non-hydrogen) atoms. The van der Waals surface area contributed by atoms with E-state index in [1.807, 2.05) is 13.0 Å². The number of carbonyl (C=O) groups is 1. The van der Waals surface area contributed by atoms with Crippen LogP contribution in [0.1, 0.15) is 32.6 Å². The lowest BCUT2D eigenvalue weighted by atomic mass is 10.0. The van der Waals surface area contributed by atoms with Crippen LogP contribution in [0.2, 0.25) is 0 Å². The maximum Gasteiger partial charge on any atom is 0.308 e. The molecule has 0 amide bonds. The molecule has 4 nitrogen and oxygen atoms in total. The predicted molar refractivity (Wildman–Crippen MR) is 66.5 cm³/mol. The van der Waals surface area contributed by atoms with E-state index in [0.717, 1.165) is 12.0 Å². The van der Waals surface area contributed by atoms with Crippen LogP contribution in [-0.2, 0) is 9.53 Å². The molecule has 0 saturated carbocycles.